The molecular formula is C18H22O5. The molecule has 0 N–H and O–H groups in total. The van der Waals surface area contributed by atoms with Crippen molar-refractivity contribution in [3.05, 3.63) is 60.7 Å². The second kappa shape index (κ2) is 7.38. The number of fused-ring (bicyclic) bond motifs is 1. The molecule has 3 rings (SSSR count). The summed E-state index contributed by atoms with van der Waals surface area (Å²) >= 11 is 0. The standard InChI is InChI=1S/C18H22O5/c1-4-10-20-16-12(2)15-14(22-18(16)19-3)11-21-17(23-15)13-8-6-5-7-9-13/h4-9,14-18H,1-2,10-11H2,3H3/t14-,15+,16-,17?,18+/m1/s1. The van der Waals surface area contributed by atoms with Crippen LogP contribution in [0.3, 0.4) is 0 Å². The lowest BCUT2D eigenvalue weighted by molar-refractivity contribution is -0.317. The third-order valence-corrected chi connectivity index (χ3v) is 4.00. The Morgan fingerprint density at radius 2 is 2.04 bits per heavy atom. The quantitative estimate of drug-likeness (QED) is 0.781. The summed E-state index contributed by atoms with van der Waals surface area (Å²) < 4.78 is 28.9. The van der Waals surface area contributed by atoms with Crippen LogP contribution in [-0.2, 0) is 23.7 Å². The molecule has 0 aliphatic carbocycles. The van der Waals surface area contributed by atoms with Crippen LogP contribution in [-0.4, -0.2) is 44.9 Å². The van der Waals surface area contributed by atoms with Gasteiger partial charge >= 0.3 is 0 Å². The van der Waals surface area contributed by atoms with Crippen molar-refractivity contribution in [2.75, 3.05) is 20.3 Å². The molecule has 2 saturated heterocycles. The normalized spacial score (nSPS) is 34.0. The van der Waals surface area contributed by atoms with Crippen LogP contribution in [0.2, 0.25) is 0 Å². The van der Waals surface area contributed by atoms with E-state index in [2.05, 4.69) is 13.2 Å². The third-order valence-electron chi connectivity index (χ3n) is 4.00. The fourth-order valence-corrected chi connectivity index (χ4v) is 2.87. The zero-order chi connectivity index (χ0) is 16.2. The van der Waals surface area contributed by atoms with E-state index < -0.39 is 18.7 Å². The van der Waals surface area contributed by atoms with Gasteiger partial charge in [-0.1, -0.05) is 43.0 Å². The first-order valence-corrected chi connectivity index (χ1v) is 7.66. The summed E-state index contributed by atoms with van der Waals surface area (Å²) in [6.45, 7) is 8.63. The van der Waals surface area contributed by atoms with Gasteiger partial charge < -0.3 is 23.7 Å². The van der Waals surface area contributed by atoms with Gasteiger partial charge in [-0.15, -0.1) is 6.58 Å². The molecule has 0 spiro atoms. The van der Waals surface area contributed by atoms with Crippen LogP contribution in [0, 0.1) is 0 Å². The Balaban J connectivity index is 1.75. The molecule has 2 heterocycles. The van der Waals surface area contributed by atoms with Crippen molar-refractivity contribution in [2.24, 2.45) is 0 Å². The Morgan fingerprint density at radius 1 is 1.26 bits per heavy atom. The highest BCUT2D eigenvalue weighted by Crippen LogP contribution is 2.37. The Labute approximate surface area is 136 Å². The van der Waals surface area contributed by atoms with E-state index >= 15 is 0 Å². The number of rotatable bonds is 5. The molecule has 23 heavy (non-hydrogen) atoms. The van der Waals surface area contributed by atoms with Gasteiger partial charge in [-0.25, -0.2) is 0 Å². The molecule has 2 aliphatic rings. The Morgan fingerprint density at radius 3 is 2.74 bits per heavy atom. The Hall–Kier alpha value is -1.50. The molecule has 124 valence electrons. The number of ether oxygens (including phenoxy) is 5. The smallest absolute Gasteiger partial charge is 0.187 e. The minimum atomic E-state index is -0.524. The third kappa shape index (κ3) is 3.39. The average molecular weight is 318 g/mol. The van der Waals surface area contributed by atoms with Crippen LogP contribution in [0.15, 0.2) is 55.1 Å². The molecule has 2 aliphatic heterocycles. The van der Waals surface area contributed by atoms with Gasteiger partial charge in [0.15, 0.2) is 12.6 Å². The van der Waals surface area contributed by atoms with Crippen LogP contribution in [0.25, 0.3) is 0 Å². The predicted octanol–water partition coefficient (Wildman–Crippen LogP) is 2.60. The molecule has 0 aromatic heterocycles. The van der Waals surface area contributed by atoms with Gasteiger partial charge in [-0.05, 0) is 5.57 Å². The van der Waals surface area contributed by atoms with Crippen molar-refractivity contribution in [3.8, 4) is 0 Å². The lowest BCUT2D eigenvalue weighted by atomic mass is 9.96. The summed E-state index contributed by atoms with van der Waals surface area (Å²) in [5.41, 5.74) is 1.77. The highest BCUT2D eigenvalue weighted by atomic mass is 16.7. The molecule has 5 atom stereocenters. The number of methoxy groups -OCH3 is 1. The van der Waals surface area contributed by atoms with Crippen LogP contribution in [0.4, 0.5) is 0 Å². The second-order valence-corrected chi connectivity index (χ2v) is 5.53. The van der Waals surface area contributed by atoms with E-state index in [9.17, 15) is 0 Å². The maximum atomic E-state index is 6.08. The van der Waals surface area contributed by atoms with Crippen molar-refractivity contribution in [1.82, 2.24) is 0 Å². The molecule has 0 radical (unpaired) electrons. The maximum absolute atomic E-state index is 6.08. The first-order valence-electron chi connectivity index (χ1n) is 7.66. The molecule has 0 bridgehead atoms. The zero-order valence-corrected chi connectivity index (χ0v) is 13.2. The molecular weight excluding hydrogens is 296 g/mol. The van der Waals surface area contributed by atoms with Crippen LogP contribution in [0.1, 0.15) is 11.9 Å². The van der Waals surface area contributed by atoms with E-state index in [-0.39, 0.29) is 12.2 Å². The van der Waals surface area contributed by atoms with Gasteiger partial charge in [0.25, 0.3) is 0 Å². The van der Waals surface area contributed by atoms with Gasteiger partial charge in [0.2, 0.25) is 0 Å². The van der Waals surface area contributed by atoms with Crippen molar-refractivity contribution < 1.29 is 23.7 Å². The van der Waals surface area contributed by atoms with E-state index in [0.717, 1.165) is 11.1 Å². The second-order valence-electron chi connectivity index (χ2n) is 5.53. The van der Waals surface area contributed by atoms with Gasteiger partial charge in [0, 0.05) is 12.7 Å². The number of benzene rings is 1. The highest BCUT2D eigenvalue weighted by molar-refractivity contribution is 5.20. The predicted molar refractivity (Wildman–Crippen MR) is 84.8 cm³/mol. The maximum Gasteiger partial charge on any atom is 0.187 e. The van der Waals surface area contributed by atoms with Gasteiger partial charge in [0.05, 0.1) is 13.2 Å². The number of hydrogen-bond donors (Lipinski definition) is 0. The largest absolute Gasteiger partial charge is 0.364 e. The van der Waals surface area contributed by atoms with Crippen molar-refractivity contribution in [2.45, 2.75) is 30.9 Å². The van der Waals surface area contributed by atoms with Crippen molar-refractivity contribution >= 4 is 0 Å². The summed E-state index contributed by atoms with van der Waals surface area (Å²) in [4.78, 5) is 0. The summed E-state index contributed by atoms with van der Waals surface area (Å²) in [6, 6.07) is 9.82. The molecule has 0 saturated carbocycles. The first kappa shape index (κ1) is 16.4. The summed E-state index contributed by atoms with van der Waals surface area (Å²) in [7, 11) is 1.58. The minimum absolute atomic E-state index is 0.254. The van der Waals surface area contributed by atoms with Crippen LogP contribution < -0.4 is 0 Å². The summed E-state index contributed by atoms with van der Waals surface area (Å²) in [5.74, 6) is 0. The lowest BCUT2D eigenvalue weighted by Gasteiger charge is -2.45. The first-order chi connectivity index (χ1) is 11.2. The molecule has 5 heteroatoms. The molecule has 1 aromatic rings. The van der Waals surface area contributed by atoms with Crippen LogP contribution in [0.5, 0.6) is 0 Å². The van der Waals surface area contributed by atoms with E-state index in [4.69, 9.17) is 23.7 Å². The fraction of sp³-hybridized carbons (Fsp3) is 0.444. The summed E-state index contributed by atoms with van der Waals surface area (Å²) in [6.07, 6.45) is -0.218. The molecule has 0 amide bonds. The Bertz CT molecular complexity index is 544. The van der Waals surface area contributed by atoms with Gasteiger partial charge in [0.1, 0.15) is 18.3 Å². The van der Waals surface area contributed by atoms with Crippen LogP contribution >= 0.6 is 0 Å². The highest BCUT2D eigenvalue weighted by Gasteiger charge is 2.46. The molecule has 2 fully saturated rings. The topological polar surface area (TPSA) is 46.2 Å². The van der Waals surface area contributed by atoms with Gasteiger partial charge in [-0.3, -0.25) is 0 Å². The lowest BCUT2D eigenvalue weighted by Crippen LogP contribution is -2.55. The average Bonchev–Trinajstić information content (AvgIpc) is 2.61. The SMILES string of the molecule is C=CCO[C@@H]1C(=C)[C@@H]2OC(c3ccccc3)OC[C@H]2O[C@@H]1OC. The van der Waals surface area contributed by atoms with Crippen molar-refractivity contribution in [3.63, 3.8) is 0 Å². The minimum Gasteiger partial charge on any atom is -0.364 e. The molecule has 1 unspecified atom stereocenters. The van der Waals surface area contributed by atoms with Crippen molar-refractivity contribution in [1.29, 1.82) is 0 Å². The molecule has 1 aromatic carbocycles. The monoisotopic (exact) mass is 318 g/mol. The number of hydrogen-bond acceptors (Lipinski definition) is 5. The van der Waals surface area contributed by atoms with E-state index in [1.54, 1.807) is 13.2 Å². The summed E-state index contributed by atoms with van der Waals surface area (Å²) in [5, 5.41) is 0. The van der Waals surface area contributed by atoms with E-state index in [1.165, 1.54) is 0 Å². The van der Waals surface area contributed by atoms with E-state index in [0.29, 0.717) is 13.2 Å². The van der Waals surface area contributed by atoms with E-state index in [1.807, 2.05) is 30.3 Å². The Kier molecular flexibility index (Phi) is 5.25. The van der Waals surface area contributed by atoms with Gasteiger partial charge in [-0.2, -0.15) is 0 Å². The fourth-order valence-electron chi connectivity index (χ4n) is 2.87. The molecule has 5 nitrogen and oxygen atoms in total. The zero-order valence-electron chi connectivity index (χ0n) is 13.2.